The van der Waals surface area contributed by atoms with Crippen LogP contribution in [0.3, 0.4) is 0 Å². The standard InChI is InChI=1S/C18H19ClN2O2/c19-15-6-4-14(5-7-15)18(9-1-2-10-18)21-12-16-8-3-13(11-20-16)17(22)23/h3-8,11,21H,1-2,9-10,12H2,(H,22,23). The van der Waals surface area contributed by atoms with Crippen molar-refractivity contribution >= 4 is 17.6 Å². The molecule has 120 valence electrons. The predicted molar refractivity (Wildman–Crippen MR) is 89.6 cm³/mol. The van der Waals surface area contributed by atoms with Crippen molar-refractivity contribution in [3.8, 4) is 0 Å². The first-order valence-electron chi connectivity index (χ1n) is 7.78. The lowest BCUT2D eigenvalue weighted by molar-refractivity contribution is 0.0696. The second-order valence-electron chi connectivity index (χ2n) is 5.99. The quantitative estimate of drug-likeness (QED) is 0.870. The van der Waals surface area contributed by atoms with E-state index in [4.69, 9.17) is 16.7 Å². The summed E-state index contributed by atoms with van der Waals surface area (Å²) in [6.45, 7) is 0.614. The molecule has 1 saturated carbocycles. The first-order chi connectivity index (χ1) is 11.1. The van der Waals surface area contributed by atoms with Gasteiger partial charge in [0.05, 0.1) is 11.3 Å². The molecule has 1 heterocycles. The highest BCUT2D eigenvalue weighted by Gasteiger charge is 2.34. The van der Waals surface area contributed by atoms with Gasteiger partial charge in [-0.05, 0) is 42.7 Å². The maximum atomic E-state index is 10.9. The van der Waals surface area contributed by atoms with E-state index in [9.17, 15) is 4.79 Å². The van der Waals surface area contributed by atoms with Gasteiger partial charge in [-0.2, -0.15) is 0 Å². The molecule has 5 heteroatoms. The topological polar surface area (TPSA) is 62.2 Å². The van der Waals surface area contributed by atoms with Gasteiger partial charge in [0.1, 0.15) is 0 Å². The molecule has 0 unspecified atom stereocenters. The number of carbonyl (C=O) groups is 1. The molecule has 1 aromatic heterocycles. The van der Waals surface area contributed by atoms with Gasteiger partial charge in [-0.15, -0.1) is 0 Å². The van der Waals surface area contributed by atoms with E-state index in [0.29, 0.717) is 6.54 Å². The van der Waals surface area contributed by atoms with Gasteiger partial charge in [-0.3, -0.25) is 4.98 Å². The average Bonchev–Trinajstić information content (AvgIpc) is 3.04. The van der Waals surface area contributed by atoms with Crippen molar-refractivity contribution in [3.05, 3.63) is 64.4 Å². The van der Waals surface area contributed by atoms with E-state index < -0.39 is 5.97 Å². The molecule has 23 heavy (non-hydrogen) atoms. The van der Waals surface area contributed by atoms with E-state index in [0.717, 1.165) is 23.6 Å². The smallest absolute Gasteiger partial charge is 0.337 e. The highest BCUT2D eigenvalue weighted by atomic mass is 35.5. The molecule has 0 amide bonds. The van der Waals surface area contributed by atoms with Gasteiger partial charge in [0.25, 0.3) is 0 Å². The first-order valence-corrected chi connectivity index (χ1v) is 8.16. The zero-order chi connectivity index (χ0) is 16.3. The fraction of sp³-hybridized carbons (Fsp3) is 0.333. The van der Waals surface area contributed by atoms with Crippen molar-refractivity contribution in [1.29, 1.82) is 0 Å². The zero-order valence-corrected chi connectivity index (χ0v) is 13.5. The number of nitrogens with zero attached hydrogens (tertiary/aromatic N) is 1. The van der Waals surface area contributed by atoms with Gasteiger partial charge in [-0.1, -0.05) is 36.6 Å². The van der Waals surface area contributed by atoms with Gasteiger partial charge in [0.15, 0.2) is 0 Å². The normalized spacial score (nSPS) is 16.4. The average molecular weight is 331 g/mol. The van der Waals surface area contributed by atoms with E-state index in [1.165, 1.54) is 24.6 Å². The molecule has 2 aromatic rings. The summed E-state index contributed by atoms with van der Waals surface area (Å²) in [7, 11) is 0. The number of benzene rings is 1. The number of hydrogen-bond acceptors (Lipinski definition) is 3. The molecule has 0 bridgehead atoms. The number of carboxylic acid groups (broad SMARTS) is 1. The van der Waals surface area contributed by atoms with E-state index in [-0.39, 0.29) is 11.1 Å². The number of pyridine rings is 1. The minimum absolute atomic E-state index is 0.0439. The number of nitrogens with one attached hydrogen (secondary N) is 1. The Morgan fingerprint density at radius 3 is 2.43 bits per heavy atom. The number of halogens is 1. The van der Waals surface area contributed by atoms with E-state index >= 15 is 0 Å². The van der Waals surface area contributed by atoms with Crippen LogP contribution < -0.4 is 5.32 Å². The van der Waals surface area contributed by atoms with Crippen molar-refractivity contribution < 1.29 is 9.90 Å². The minimum Gasteiger partial charge on any atom is -0.478 e. The van der Waals surface area contributed by atoms with Crippen LogP contribution in [0.25, 0.3) is 0 Å². The van der Waals surface area contributed by atoms with Crippen LogP contribution in [0.5, 0.6) is 0 Å². The van der Waals surface area contributed by atoms with Gasteiger partial charge in [0.2, 0.25) is 0 Å². The lowest BCUT2D eigenvalue weighted by Crippen LogP contribution is -2.39. The Labute approximate surface area is 140 Å². The summed E-state index contributed by atoms with van der Waals surface area (Å²) in [5, 5.41) is 13.3. The first kappa shape index (κ1) is 16.0. The Kier molecular flexibility index (Phi) is 4.64. The van der Waals surface area contributed by atoms with Crippen LogP contribution >= 0.6 is 11.6 Å². The van der Waals surface area contributed by atoms with Crippen LogP contribution in [-0.2, 0) is 12.1 Å². The third-order valence-electron chi connectivity index (χ3n) is 4.53. The Hall–Kier alpha value is -1.91. The summed E-state index contributed by atoms with van der Waals surface area (Å²) in [4.78, 5) is 15.1. The monoisotopic (exact) mass is 330 g/mol. The number of rotatable bonds is 5. The number of aromatic carboxylic acids is 1. The molecule has 1 aromatic carbocycles. The Morgan fingerprint density at radius 1 is 1.17 bits per heavy atom. The summed E-state index contributed by atoms with van der Waals surface area (Å²) in [6.07, 6.45) is 5.97. The van der Waals surface area contributed by atoms with Crippen LogP contribution in [0, 0.1) is 0 Å². The molecule has 1 aliphatic carbocycles. The van der Waals surface area contributed by atoms with E-state index in [1.54, 1.807) is 12.1 Å². The molecule has 1 fully saturated rings. The molecule has 0 saturated heterocycles. The third kappa shape index (κ3) is 3.54. The number of carboxylic acids is 1. The molecule has 0 radical (unpaired) electrons. The van der Waals surface area contributed by atoms with Gasteiger partial charge in [-0.25, -0.2) is 4.79 Å². The van der Waals surface area contributed by atoms with Crippen molar-refractivity contribution in [1.82, 2.24) is 10.3 Å². The number of aromatic nitrogens is 1. The van der Waals surface area contributed by atoms with Crippen molar-refractivity contribution in [2.24, 2.45) is 0 Å². The zero-order valence-electron chi connectivity index (χ0n) is 12.8. The molecule has 2 N–H and O–H groups in total. The summed E-state index contributed by atoms with van der Waals surface area (Å²) in [5.41, 5.74) is 2.26. The fourth-order valence-corrected chi connectivity index (χ4v) is 3.36. The number of hydrogen-bond donors (Lipinski definition) is 2. The summed E-state index contributed by atoms with van der Waals surface area (Å²) >= 11 is 6.00. The van der Waals surface area contributed by atoms with Crippen LogP contribution in [0.1, 0.15) is 47.3 Å². The molecular formula is C18H19ClN2O2. The van der Waals surface area contributed by atoms with Gasteiger partial charge < -0.3 is 10.4 Å². The predicted octanol–water partition coefficient (Wildman–Crippen LogP) is 3.99. The summed E-state index contributed by atoms with van der Waals surface area (Å²) < 4.78 is 0. The minimum atomic E-state index is -0.953. The molecule has 0 atom stereocenters. The maximum Gasteiger partial charge on any atom is 0.337 e. The molecular weight excluding hydrogens is 312 g/mol. The molecule has 4 nitrogen and oxygen atoms in total. The van der Waals surface area contributed by atoms with Crippen LogP contribution in [0.4, 0.5) is 0 Å². The highest BCUT2D eigenvalue weighted by molar-refractivity contribution is 6.30. The van der Waals surface area contributed by atoms with E-state index in [2.05, 4.69) is 22.4 Å². The Bertz CT molecular complexity index is 677. The van der Waals surface area contributed by atoms with E-state index in [1.807, 2.05) is 12.1 Å². The largest absolute Gasteiger partial charge is 0.478 e. The highest BCUT2D eigenvalue weighted by Crippen LogP contribution is 2.39. The molecule has 3 rings (SSSR count). The van der Waals surface area contributed by atoms with Crippen LogP contribution in [0.15, 0.2) is 42.6 Å². The second kappa shape index (κ2) is 6.69. The summed E-state index contributed by atoms with van der Waals surface area (Å²) in [5.74, 6) is -0.953. The van der Waals surface area contributed by atoms with Crippen molar-refractivity contribution in [3.63, 3.8) is 0 Å². The van der Waals surface area contributed by atoms with Gasteiger partial charge >= 0.3 is 5.97 Å². The van der Waals surface area contributed by atoms with Crippen LogP contribution in [0.2, 0.25) is 5.02 Å². The Balaban J connectivity index is 1.75. The third-order valence-corrected chi connectivity index (χ3v) is 4.79. The Morgan fingerprint density at radius 2 is 1.87 bits per heavy atom. The summed E-state index contributed by atoms with van der Waals surface area (Å²) in [6, 6.07) is 11.4. The molecule has 1 aliphatic rings. The SMILES string of the molecule is O=C(O)c1ccc(CNC2(c3ccc(Cl)cc3)CCCC2)nc1. The van der Waals surface area contributed by atoms with Crippen LogP contribution in [-0.4, -0.2) is 16.1 Å². The second-order valence-corrected chi connectivity index (χ2v) is 6.43. The molecule has 0 aliphatic heterocycles. The van der Waals surface area contributed by atoms with Gasteiger partial charge in [0, 0.05) is 23.3 Å². The lowest BCUT2D eigenvalue weighted by Gasteiger charge is -2.31. The van der Waals surface area contributed by atoms with Crippen molar-refractivity contribution in [2.75, 3.05) is 0 Å². The molecule has 0 spiro atoms. The fourth-order valence-electron chi connectivity index (χ4n) is 3.23. The van der Waals surface area contributed by atoms with Crippen molar-refractivity contribution in [2.45, 2.75) is 37.8 Å². The lowest BCUT2D eigenvalue weighted by atomic mass is 9.88. The maximum absolute atomic E-state index is 10.9.